The summed E-state index contributed by atoms with van der Waals surface area (Å²) in [6.45, 7) is 0.876. The number of likely N-dealkylation sites (tertiary alicyclic amines) is 1. The molecule has 1 aromatic rings. The molecule has 0 radical (unpaired) electrons. The zero-order valence-corrected chi connectivity index (χ0v) is 9.02. The van der Waals surface area contributed by atoms with Crippen molar-refractivity contribution < 1.29 is 14.8 Å². The van der Waals surface area contributed by atoms with Crippen molar-refractivity contribution in [2.75, 3.05) is 13.1 Å². The van der Waals surface area contributed by atoms with Gasteiger partial charge in [0.15, 0.2) is 0 Å². The minimum Gasteiger partial charge on any atom is -0.465 e. The van der Waals surface area contributed by atoms with Gasteiger partial charge in [0, 0.05) is 13.1 Å². The van der Waals surface area contributed by atoms with Crippen molar-refractivity contribution in [1.82, 2.24) is 14.7 Å². The second-order valence-electron chi connectivity index (χ2n) is 3.91. The van der Waals surface area contributed by atoms with Gasteiger partial charge in [0.25, 0.3) is 0 Å². The molecular weight excluding hydrogens is 228 g/mol. The van der Waals surface area contributed by atoms with Crippen molar-refractivity contribution in [1.29, 1.82) is 0 Å². The van der Waals surface area contributed by atoms with Gasteiger partial charge >= 0.3 is 11.9 Å². The van der Waals surface area contributed by atoms with Crippen LogP contribution in [-0.2, 0) is 0 Å². The summed E-state index contributed by atoms with van der Waals surface area (Å²) in [6, 6.07) is 1.39. The molecule has 2 rings (SSSR count). The molecule has 1 N–H and O–H groups in total. The Hall–Kier alpha value is -2.12. The van der Waals surface area contributed by atoms with Crippen LogP contribution in [0.25, 0.3) is 0 Å². The SMILES string of the molecule is O=C(O)N1CCC(n2ccc([N+](=O)[O-])n2)CC1. The topological polar surface area (TPSA) is 102 Å². The van der Waals surface area contributed by atoms with Crippen LogP contribution in [0.2, 0.25) is 0 Å². The number of nitrogens with zero attached hydrogens (tertiary/aromatic N) is 4. The van der Waals surface area contributed by atoms with E-state index in [1.165, 1.54) is 11.0 Å². The fraction of sp³-hybridized carbons (Fsp3) is 0.556. The Balaban J connectivity index is 2.00. The van der Waals surface area contributed by atoms with Crippen molar-refractivity contribution >= 4 is 11.9 Å². The fourth-order valence-electron chi connectivity index (χ4n) is 1.95. The molecule has 1 saturated heterocycles. The van der Waals surface area contributed by atoms with E-state index in [1.54, 1.807) is 10.9 Å². The summed E-state index contributed by atoms with van der Waals surface area (Å²) in [6.07, 6.45) is 1.91. The van der Waals surface area contributed by atoms with Gasteiger partial charge in [-0.05, 0) is 17.8 Å². The predicted octanol–water partition coefficient (Wildman–Crippen LogP) is 1.11. The first-order valence-electron chi connectivity index (χ1n) is 5.25. The number of hydrogen-bond donors (Lipinski definition) is 1. The molecule has 1 aromatic heterocycles. The lowest BCUT2D eigenvalue weighted by atomic mass is 10.1. The van der Waals surface area contributed by atoms with Crippen LogP contribution in [0, 0.1) is 10.1 Å². The summed E-state index contributed by atoms with van der Waals surface area (Å²) in [7, 11) is 0. The van der Waals surface area contributed by atoms with Crippen LogP contribution in [0.1, 0.15) is 18.9 Å². The Bertz CT molecular complexity index is 436. The van der Waals surface area contributed by atoms with E-state index in [0.717, 1.165) is 0 Å². The van der Waals surface area contributed by atoms with Gasteiger partial charge in [-0.25, -0.2) is 4.79 Å². The Labute approximate surface area is 96.6 Å². The molecule has 1 fully saturated rings. The third-order valence-electron chi connectivity index (χ3n) is 2.89. The number of amides is 1. The van der Waals surface area contributed by atoms with E-state index in [9.17, 15) is 14.9 Å². The Morgan fingerprint density at radius 3 is 2.65 bits per heavy atom. The second-order valence-corrected chi connectivity index (χ2v) is 3.91. The maximum Gasteiger partial charge on any atom is 0.407 e. The minimum atomic E-state index is -0.921. The molecule has 0 aliphatic carbocycles. The molecule has 0 bridgehead atoms. The summed E-state index contributed by atoms with van der Waals surface area (Å²) in [4.78, 5) is 22.0. The van der Waals surface area contributed by atoms with Crippen LogP contribution in [-0.4, -0.2) is 43.9 Å². The molecule has 1 aliphatic heterocycles. The molecule has 0 aromatic carbocycles. The van der Waals surface area contributed by atoms with Crippen LogP contribution in [0.15, 0.2) is 12.3 Å². The molecule has 8 nitrogen and oxygen atoms in total. The van der Waals surface area contributed by atoms with Crippen LogP contribution in [0.3, 0.4) is 0 Å². The predicted molar refractivity (Wildman–Crippen MR) is 56.8 cm³/mol. The largest absolute Gasteiger partial charge is 0.465 e. The quantitative estimate of drug-likeness (QED) is 0.616. The van der Waals surface area contributed by atoms with Gasteiger partial charge in [-0.2, -0.15) is 4.68 Å². The third kappa shape index (κ3) is 2.35. The van der Waals surface area contributed by atoms with Gasteiger partial charge in [-0.1, -0.05) is 0 Å². The van der Waals surface area contributed by atoms with Crippen molar-refractivity contribution in [2.24, 2.45) is 0 Å². The summed E-state index contributed by atoms with van der Waals surface area (Å²) in [5.41, 5.74) is 0. The van der Waals surface area contributed by atoms with Gasteiger partial charge in [0.2, 0.25) is 0 Å². The van der Waals surface area contributed by atoms with Crippen LogP contribution < -0.4 is 0 Å². The molecule has 2 heterocycles. The molecule has 0 saturated carbocycles. The molecule has 17 heavy (non-hydrogen) atoms. The van der Waals surface area contributed by atoms with Gasteiger partial charge in [-0.3, -0.25) is 0 Å². The van der Waals surface area contributed by atoms with Crippen molar-refractivity contribution in [3.05, 3.63) is 22.4 Å². The number of piperidine rings is 1. The summed E-state index contributed by atoms with van der Waals surface area (Å²) >= 11 is 0. The standard InChI is InChI=1S/C9H12N4O4/c14-9(15)11-4-1-7(2-5-11)12-6-3-8(10-12)13(16)17/h3,6-7H,1-2,4-5H2,(H,14,15). The van der Waals surface area contributed by atoms with E-state index < -0.39 is 11.0 Å². The highest BCUT2D eigenvalue weighted by Crippen LogP contribution is 2.23. The number of aromatic nitrogens is 2. The average Bonchev–Trinajstić information content (AvgIpc) is 2.78. The minimum absolute atomic E-state index is 0.0410. The lowest BCUT2D eigenvalue weighted by Crippen LogP contribution is -2.38. The maximum absolute atomic E-state index is 10.7. The summed E-state index contributed by atoms with van der Waals surface area (Å²) in [5, 5.41) is 23.1. The van der Waals surface area contributed by atoms with Gasteiger partial charge in [-0.15, -0.1) is 0 Å². The Morgan fingerprint density at radius 2 is 2.18 bits per heavy atom. The summed E-state index contributed by atoms with van der Waals surface area (Å²) < 4.78 is 1.55. The smallest absolute Gasteiger partial charge is 0.407 e. The molecule has 0 unspecified atom stereocenters. The molecule has 1 amide bonds. The highest BCUT2D eigenvalue weighted by molar-refractivity contribution is 5.64. The van der Waals surface area contributed by atoms with E-state index in [1.807, 2.05) is 0 Å². The molecule has 8 heteroatoms. The van der Waals surface area contributed by atoms with Crippen LogP contribution in [0.5, 0.6) is 0 Å². The van der Waals surface area contributed by atoms with Gasteiger partial charge in [0.1, 0.15) is 0 Å². The lowest BCUT2D eigenvalue weighted by Gasteiger charge is -2.28. The molecule has 0 spiro atoms. The second kappa shape index (κ2) is 4.40. The van der Waals surface area contributed by atoms with E-state index >= 15 is 0 Å². The monoisotopic (exact) mass is 240 g/mol. The fourth-order valence-corrected chi connectivity index (χ4v) is 1.95. The van der Waals surface area contributed by atoms with Crippen LogP contribution >= 0.6 is 0 Å². The first-order chi connectivity index (χ1) is 8.08. The van der Waals surface area contributed by atoms with Crippen molar-refractivity contribution in [2.45, 2.75) is 18.9 Å². The van der Waals surface area contributed by atoms with Crippen LogP contribution in [0.4, 0.5) is 10.6 Å². The number of carboxylic acid groups (broad SMARTS) is 1. The number of hydrogen-bond acceptors (Lipinski definition) is 4. The van der Waals surface area contributed by atoms with Crippen molar-refractivity contribution in [3.63, 3.8) is 0 Å². The van der Waals surface area contributed by atoms with Gasteiger partial charge in [0.05, 0.1) is 23.4 Å². The lowest BCUT2D eigenvalue weighted by molar-refractivity contribution is -0.389. The molecule has 92 valence electrons. The Morgan fingerprint density at radius 1 is 1.53 bits per heavy atom. The van der Waals surface area contributed by atoms with E-state index in [2.05, 4.69) is 5.10 Å². The zero-order chi connectivity index (χ0) is 12.4. The highest BCUT2D eigenvalue weighted by atomic mass is 16.6. The Kier molecular flexibility index (Phi) is 2.94. The summed E-state index contributed by atoms with van der Waals surface area (Å²) in [5.74, 6) is -0.175. The first-order valence-corrected chi connectivity index (χ1v) is 5.25. The molecular formula is C9H12N4O4. The van der Waals surface area contributed by atoms with E-state index in [0.29, 0.717) is 25.9 Å². The number of nitro groups is 1. The third-order valence-corrected chi connectivity index (χ3v) is 2.89. The number of rotatable bonds is 2. The normalized spacial score (nSPS) is 17.1. The highest BCUT2D eigenvalue weighted by Gasteiger charge is 2.26. The van der Waals surface area contributed by atoms with Crippen molar-refractivity contribution in [3.8, 4) is 0 Å². The molecule has 1 aliphatic rings. The molecule has 0 atom stereocenters. The first kappa shape index (κ1) is 11.4. The maximum atomic E-state index is 10.7. The number of carbonyl (C=O) groups is 1. The van der Waals surface area contributed by atoms with E-state index in [-0.39, 0.29) is 11.9 Å². The van der Waals surface area contributed by atoms with E-state index in [4.69, 9.17) is 5.11 Å². The average molecular weight is 240 g/mol. The van der Waals surface area contributed by atoms with Gasteiger partial charge < -0.3 is 20.1 Å². The zero-order valence-electron chi connectivity index (χ0n) is 9.02.